The number of carbonyl (C=O) groups excluding carboxylic acids is 2. The molecule has 172 valence electrons. The van der Waals surface area contributed by atoms with Crippen molar-refractivity contribution in [3.8, 4) is 5.75 Å². The monoisotopic (exact) mass is 459 g/mol. The molecule has 3 rings (SSSR count). The summed E-state index contributed by atoms with van der Waals surface area (Å²) in [5, 5.41) is 3.60. The van der Waals surface area contributed by atoms with Crippen molar-refractivity contribution in [1.82, 2.24) is 4.90 Å². The predicted octanol–water partition coefficient (Wildman–Crippen LogP) is 3.90. The lowest BCUT2D eigenvalue weighted by atomic mass is 10.1. The van der Waals surface area contributed by atoms with Gasteiger partial charge in [-0.05, 0) is 61.9 Å². The Labute approximate surface area is 194 Å². The molecule has 0 bridgehead atoms. The number of carbonyl (C=O) groups is 2. The molecule has 7 nitrogen and oxygen atoms in total. The number of piperazine rings is 1. The maximum atomic E-state index is 12.7. The molecular weight excluding hydrogens is 430 g/mol. The quantitative estimate of drug-likeness (QED) is 0.633. The summed E-state index contributed by atoms with van der Waals surface area (Å²) in [7, 11) is 1.34. The van der Waals surface area contributed by atoms with E-state index in [4.69, 9.17) is 21.1 Å². The third-order valence-electron chi connectivity index (χ3n) is 5.63. The zero-order valence-corrected chi connectivity index (χ0v) is 19.8. The number of ether oxygens (including phenoxy) is 2. The number of hydrogen-bond acceptors (Lipinski definition) is 6. The van der Waals surface area contributed by atoms with Gasteiger partial charge >= 0.3 is 5.97 Å². The zero-order valence-electron chi connectivity index (χ0n) is 19.0. The highest BCUT2D eigenvalue weighted by atomic mass is 35.5. The Bertz CT molecular complexity index is 964. The first-order chi connectivity index (χ1) is 15.3. The number of methoxy groups -OCH3 is 1. The Hall–Kier alpha value is -2.77. The van der Waals surface area contributed by atoms with Gasteiger partial charge in [0.1, 0.15) is 5.75 Å². The van der Waals surface area contributed by atoms with E-state index in [2.05, 4.69) is 22.0 Å². The Morgan fingerprint density at radius 2 is 1.72 bits per heavy atom. The summed E-state index contributed by atoms with van der Waals surface area (Å²) in [6.07, 6.45) is 0. The lowest BCUT2D eigenvalue weighted by Gasteiger charge is -2.36. The predicted molar refractivity (Wildman–Crippen MR) is 127 cm³/mol. The number of nitrogens with zero attached hydrogens (tertiary/aromatic N) is 2. The van der Waals surface area contributed by atoms with Crippen LogP contribution in [0.25, 0.3) is 0 Å². The minimum Gasteiger partial charge on any atom is -0.484 e. The van der Waals surface area contributed by atoms with E-state index in [1.54, 1.807) is 24.3 Å². The molecule has 0 unspecified atom stereocenters. The Balaban J connectivity index is 1.75. The van der Waals surface area contributed by atoms with Gasteiger partial charge in [-0.1, -0.05) is 18.5 Å². The molecule has 0 saturated carbocycles. The summed E-state index contributed by atoms with van der Waals surface area (Å²) in [4.78, 5) is 29.3. The van der Waals surface area contributed by atoms with Crippen LogP contribution in [0.4, 0.5) is 11.4 Å². The second-order valence-electron chi connectivity index (χ2n) is 7.85. The Morgan fingerprint density at radius 1 is 1.06 bits per heavy atom. The Morgan fingerprint density at radius 3 is 2.31 bits per heavy atom. The Kier molecular flexibility index (Phi) is 7.99. The number of halogens is 1. The molecule has 1 amide bonds. The van der Waals surface area contributed by atoms with Crippen LogP contribution in [0.2, 0.25) is 5.02 Å². The molecule has 0 aromatic heterocycles. The fourth-order valence-corrected chi connectivity index (χ4v) is 3.90. The van der Waals surface area contributed by atoms with Crippen LogP contribution in [0.15, 0.2) is 30.3 Å². The summed E-state index contributed by atoms with van der Waals surface area (Å²) in [5.41, 5.74) is 3.60. The van der Waals surface area contributed by atoms with E-state index < -0.39 is 5.97 Å². The van der Waals surface area contributed by atoms with Gasteiger partial charge in [-0.15, -0.1) is 0 Å². The van der Waals surface area contributed by atoms with Crippen molar-refractivity contribution in [3.63, 3.8) is 0 Å². The van der Waals surface area contributed by atoms with Gasteiger partial charge in [-0.2, -0.15) is 0 Å². The number of hydrogen-bond donors (Lipinski definition) is 1. The number of anilines is 2. The summed E-state index contributed by atoms with van der Waals surface area (Å²) in [6, 6.07) is 8.84. The van der Waals surface area contributed by atoms with E-state index >= 15 is 0 Å². The first-order valence-electron chi connectivity index (χ1n) is 10.7. The van der Waals surface area contributed by atoms with Gasteiger partial charge in [-0.3, -0.25) is 4.79 Å². The smallest absolute Gasteiger partial charge is 0.337 e. The van der Waals surface area contributed by atoms with E-state index in [1.807, 2.05) is 19.9 Å². The first kappa shape index (κ1) is 23.9. The van der Waals surface area contributed by atoms with Crippen molar-refractivity contribution in [1.29, 1.82) is 0 Å². The van der Waals surface area contributed by atoms with Crippen LogP contribution in [0.1, 0.15) is 28.4 Å². The fourth-order valence-electron chi connectivity index (χ4n) is 3.79. The van der Waals surface area contributed by atoms with E-state index in [0.717, 1.165) is 49.5 Å². The number of benzene rings is 2. The SMILES string of the molecule is CCN1CCN(c2ccc(C(=O)OC)cc2NC(=O)COc2cc(C)c(Cl)c(C)c2)CC1. The third kappa shape index (κ3) is 5.72. The van der Waals surface area contributed by atoms with Crippen LogP contribution in [0.3, 0.4) is 0 Å². The van der Waals surface area contributed by atoms with E-state index in [9.17, 15) is 9.59 Å². The first-order valence-corrected chi connectivity index (χ1v) is 11.1. The number of likely N-dealkylation sites (N-methyl/N-ethyl adjacent to an activating group) is 1. The molecular formula is C24H30ClN3O4. The molecule has 32 heavy (non-hydrogen) atoms. The molecule has 0 atom stereocenters. The molecule has 1 N–H and O–H groups in total. The van der Waals surface area contributed by atoms with Crippen LogP contribution in [0.5, 0.6) is 5.75 Å². The van der Waals surface area contributed by atoms with Gasteiger partial charge in [-0.25, -0.2) is 4.79 Å². The lowest BCUT2D eigenvalue weighted by molar-refractivity contribution is -0.118. The summed E-state index contributed by atoms with van der Waals surface area (Å²) >= 11 is 6.20. The van der Waals surface area contributed by atoms with Crippen molar-refractivity contribution in [2.24, 2.45) is 0 Å². The maximum Gasteiger partial charge on any atom is 0.337 e. The molecule has 1 fully saturated rings. The van der Waals surface area contributed by atoms with Crippen LogP contribution < -0.4 is 15.0 Å². The summed E-state index contributed by atoms with van der Waals surface area (Å²) in [6.45, 7) is 10.4. The van der Waals surface area contributed by atoms with Crippen molar-refractivity contribution in [2.45, 2.75) is 20.8 Å². The van der Waals surface area contributed by atoms with Gasteiger partial charge < -0.3 is 24.6 Å². The second kappa shape index (κ2) is 10.7. The summed E-state index contributed by atoms with van der Waals surface area (Å²) < 4.78 is 10.5. The normalized spacial score (nSPS) is 14.2. The number of esters is 1. The molecule has 1 aliphatic heterocycles. The minimum atomic E-state index is -0.453. The van der Waals surface area contributed by atoms with E-state index in [-0.39, 0.29) is 12.5 Å². The zero-order chi connectivity index (χ0) is 23.3. The molecule has 1 aliphatic rings. The van der Waals surface area contributed by atoms with Gasteiger partial charge in [0.2, 0.25) is 0 Å². The molecule has 2 aromatic carbocycles. The molecule has 2 aromatic rings. The topological polar surface area (TPSA) is 71.1 Å². The highest BCUT2D eigenvalue weighted by Crippen LogP contribution is 2.29. The fraction of sp³-hybridized carbons (Fsp3) is 0.417. The van der Waals surface area contributed by atoms with Crippen molar-refractivity contribution < 1.29 is 19.1 Å². The van der Waals surface area contributed by atoms with Crippen LogP contribution in [-0.2, 0) is 9.53 Å². The van der Waals surface area contributed by atoms with Crippen molar-refractivity contribution >= 4 is 34.9 Å². The van der Waals surface area contributed by atoms with Crippen LogP contribution in [-0.4, -0.2) is 63.2 Å². The molecule has 1 saturated heterocycles. The van der Waals surface area contributed by atoms with E-state index in [1.165, 1.54) is 7.11 Å². The maximum absolute atomic E-state index is 12.7. The molecule has 8 heteroatoms. The van der Waals surface area contributed by atoms with Crippen molar-refractivity contribution in [2.75, 3.05) is 56.7 Å². The van der Waals surface area contributed by atoms with Gasteiger partial charge in [0.05, 0.1) is 24.0 Å². The highest BCUT2D eigenvalue weighted by molar-refractivity contribution is 6.32. The van der Waals surface area contributed by atoms with Crippen LogP contribution in [0, 0.1) is 13.8 Å². The van der Waals surface area contributed by atoms with Gasteiger partial charge in [0.25, 0.3) is 5.91 Å². The average Bonchev–Trinajstić information content (AvgIpc) is 2.80. The number of amides is 1. The lowest BCUT2D eigenvalue weighted by Crippen LogP contribution is -2.46. The average molecular weight is 460 g/mol. The molecule has 1 heterocycles. The minimum absolute atomic E-state index is 0.161. The third-order valence-corrected chi connectivity index (χ3v) is 6.23. The number of rotatable bonds is 7. The van der Waals surface area contributed by atoms with Gasteiger partial charge in [0, 0.05) is 31.2 Å². The molecule has 0 spiro atoms. The van der Waals surface area contributed by atoms with Gasteiger partial charge in [0.15, 0.2) is 6.61 Å². The largest absolute Gasteiger partial charge is 0.484 e. The number of nitrogens with one attached hydrogen (secondary N) is 1. The summed E-state index contributed by atoms with van der Waals surface area (Å²) in [5.74, 6) is -0.185. The molecule has 0 radical (unpaired) electrons. The number of aryl methyl sites for hydroxylation is 2. The molecule has 0 aliphatic carbocycles. The standard InChI is InChI=1S/C24H30ClN3O4/c1-5-27-8-10-28(11-9-27)21-7-6-18(24(30)31-4)14-20(21)26-22(29)15-32-19-12-16(2)23(25)17(3)13-19/h6-7,12-14H,5,8-11,15H2,1-4H3,(H,26,29). The van der Waals surface area contributed by atoms with Crippen LogP contribution >= 0.6 is 11.6 Å². The second-order valence-corrected chi connectivity index (χ2v) is 8.23. The highest BCUT2D eigenvalue weighted by Gasteiger charge is 2.21. The van der Waals surface area contributed by atoms with E-state index in [0.29, 0.717) is 22.0 Å². The van der Waals surface area contributed by atoms with Crippen molar-refractivity contribution in [3.05, 3.63) is 52.0 Å².